The minimum atomic E-state index is -3.32. The summed E-state index contributed by atoms with van der Waals surface area (Å²) < 4.78 is 28.4. The minimum absolute atomic E-state index is 0.156. The third-order valence-electron chi connectivity index (χ3n) is 1.93. The van der Waals surface area contributed by atoms with E-state index in [2.05, 4.69) is 5.16 Å². The van der Waals surface area contributed by atoms with Gasteiger partial charge in [0.15, 0.2) is 15.6 Å². The summed E-state index contributed by atoms with van der Waals surface area (Å²) in [5.41, 5.74) is 0. The highest BCUT2D eigenvalue weighted by molar-refractivity contribution is 7.90. The van der Waals surface area contributed by atoms with Crippen LogP contribution in [0.3, 0.4) is 0 Å². The Morgan fingerprint density at radius 3 is 2.47 bits per heavy atom. The normalized spacial score (nSPS) is 11.5. The van der Waals surface area contributed by atoms with E-state index in [1.807, 2.05) is 0 Å². The molecule has 1 aromatic heterocycles. The van der Waals surface area contributed by atoms with Crippen LogP contribution in [-0.4, -0.2) is 13.6 Å². The topological polar surface area (TPSA) is 60.2 Å². The van der Waals surface area contributed by atoms with Crippen molar-refractivity contribution in [3.05, 3.63) is 48.4 Å². The molecule has 2 rings (SSSR count). The van der Waals surface area contributed by atoms with Gasteiger partial charge in [-0.15, -0.1) is 0 Å². The number of sulfone groups is 1. The molecule has 0 bridgehead atoms. The SMILES string of the molecule is O=S(=O)(Cc1ccno1)c1ccccc1. The Labute approximate surface area is 87.4 Å². The number of hydrogen-bond acceptors (Lipinski definition) is 4. The monoisotopic (exact) mass is 223 g/mol. The highest BCUT2D eigenvalue weighted by Crippen LogP contribution is 2.15. The van der Waals surface area contributed by atoms with E-state index in [-0.39, 0.29) is 5.75 Å². The fourth-order valence-electron chi connectivity index (χ4n) is 1.22. The summed E-state index contributed by atoms with van der Waals surface area (Å²) in [6, 6.07) is 9.81. The lowest BCUT2D eigenvalue weighted by Crippen LogP contribution is -2.03. The van der Waals surface area contributed by atoms with Crippen LogP contribution in [0.2, 0.25) is 0 Å². The molecule has 0 N–H and O–H groups in total. The molecule has 0 radical (unpaired) electrons. The predicted molar refractivity (Wildman–Crippen MR) is 53.8 cm³/mol. The van der Waals surface area contributed by atoms with Gasteiger partial charge < -0.3 is 4.52 Å². The molecule has 0 unspecified atom stereocenters. The molecule has 1 aromatic carbocycles. The first-order valence-corrected chi connectivity index (χ1v) is 6.01. The molecule has 15 heavy (non-hydrogen) atoms. The summed E-state index contributed by atoms with van der Waals surface area (Å²) in [5, 5.41) is 3.46. The summed E-state index contributed by atoms with van der Waals surface area (Å²) in [6.07, 6.45) is 1.43. The number of rotatable bonds is 3. The summed E-state index contributed by atoms with van der Waals surface area (Å²) in [4.78, 5) is 0.293. The molecule has 0 saturated heterocycles. The maximum absolute atomic E-state index is 11.8. The molecule has 0 amide bonds. The van der Waals surface area contributed by atoms with E-state index in [1.54, 1.807) is 36.4 Å². The fourth-order valence-corrected chi connectivity index (χ4v) is 2.48. The molecule has 0 spiro atoms. The van der Waals surface area contributed by atoms with E-state index in [9.17, 15) is 8.42 Å². The van der Waals surface area contributed by atoms with Crippen molar-refractivity contribution >= 4 is 9.84 Å². The van der Waals surface area contributed by atoms with Crippen molar-refractivity contribution in [1.82, 2.24) is 5.16 Å². The van der Waals surface area contributed by atoms with Crippen LogP contribution < -0.4 is 0 Å². The van der Waals surface area contributed by atoms with E-state index >= 15 is 0 Å². The van der Waals surface area contributed by atoms with Crippen LogP contribution in [0.25, 0.3) is 0 Å². The summed E-state index contributed by atoms with van der Waals surface area (Å²) in [6.45, 7) is 0. The number of benzene rings is 1. The van der Waals surface area contributed by atoms with Crippen LogP contribution in [0.5, 0.6) is 0 Å². The van der Waals surface area contributed by atoms with Crippen molar-refractivity contribution in [3.63, 3.8) is 0 Å². The van der Waals surface area contributed by atoms with Crippen LogP contribution in [0.15, 0.2) is 52.0 Å². The first-order valence-electron chi connectivity index (χ1n) is 4.36. The smallest absolute Gasteiger partial charge is 0.185 e. The molecule has 78 valence electrons. The van der Waals surface area contributed by atoms with Crippen LogP contribution in [-0.2, 0) is 15.6 Å². The Hall–Kier alpha value is -1.62. The number of nitrogens with zero attached hydrogens (tertiary/aromatic N) is 1. The molecule has 0 aliphatic heterocycles. The minimum Gasteiger partial charge on any atom is -0.360 e. The van der Waals surface area contributed by atoms with Gasteiger partial charge in [-0.1, -0.05) is 23.4 Å². The fraction of sp³-hybridized carbons (Fsp3) is 0.100. The van der Waals surface area contributed by atoms with Gasteiger partial charge in [-0.25, -0.2) is 8.42 Å². The van der Waals surface area contributed by atoms with Crippen LogP contribution in [0, 0.1) is 0 Å². The molecule has 0 aliphatic rings. The molecule has 4 nitrogen and oxygen atoms in total. The van der Waals surface area contributed by atoms with Gasteiger partial charge in [0.1, 0.15) is 5.75 Å². The molecule has 0 saturated carbocycles. The van der Waals surface area contributed by atoms with Crippen molar-refractivity contribution in [1.29, 1.82) is 0 Å². The third-order valence-corrected chi connectivity index (χ3v) is 3.58. The van der Waals surface area contributed by atoms with E-state index in [0.717, 1.165) is 0 Å². The van der Waals surface area contributed by atoms with E-state index < -0.39 is 9.84 Å². The molecule has 5 heteroatoms. The number of hydrogen-bond donors (Lipinski definition) is 0. The van der Waals surface area contributed by atoms with E-state index in [4.69, 9.17) is 4.52 Å². The van der Waals surface area contributed by atoms with Gasteiger partial charge in [-0.3, -0.25) is 0 Å². The number of aromatic nitrogens is 1. The maximum atomic E-state index is 11.8. The van der Waals surface area contributed by atoms with Gasteiger partial charge in [0, 0.05) is 6.07 Å². The summed E-state index contributed by atoms with van der Waals surface area (Å²) >= 11 is 0. The highest BCUT2D eigenvalue weighted by Gasteiger charge is 2.16. The summed E-state index contributed by atoms with van der Waals surface area (Å²) in [7, 11) is -3.32. The second-order valence-corrected chi connectivity index (χ2v) is 5.04. The average molecular weight is 223 g/mol. The zero-order chi connectivity index (χ0) is 10.7. The Bertz CT molecular complexity index is 517. The van der Waals surface area contributed by atoms with Crippen molar-refractivity contribution in [3.8, 4) is 0 Å². The molecule has 0 atom stereocenters. The Morgan fingerprint density at radius 1 is 1.13 bits per heavy atom. The summed E-state index contributed by atoms with van der Waals surface area (Å²) in [5.74, 6) is 0.190. The van der Waals surface area contributed by atoms with Gasteiger partial charge in [0.25, 0.3) is 0 Å². The van der Waals surface area contributed by atoms with Gasteiger partial charge in [0.2, 0.25) is 0 Å². The first-order chi connectivity index (χ1) is 7.18. The van der Waals surface area contributed by atoms with Crippen molar-refractivity contribution in [2.45, 2.75) is 10.6 Å². The molecular weight excluding hydrogens is 214 g/mol. The second-order valence-electron chi connectivity index (χ2n) is 3.05. The molecule has 2 aromatic rings. The third kappa shape index (κ3) is 2.24. The molecule has 0 aliphatic carbocycles. The van der Waals surface area contributed by atoms with Crippen LogP contribution >= 0.6 is 0 Å². The quantitative estimate of drug-likeness (QED) is 0.793. The van der Waals surface area contributed by atoms with E-state index in [0.29, 0.717) is 10.7 Å². The van der Waals surface area contributed by atoms with Crippen molar-refractivity contribution in [2.75, 3.05) is 0 Å². The molecule has 1 heterocycles. The first kappa shape index (κ1) is 9.92. The zero-order valence-electron chi connectivity index (χ0n) is 7.83. The highest BCUT2D eigenvalue weighted by atomic mass is 32.2. The second kappa shape index (κ2) is 3.86. The van der Waals surface area contributed by atoms with Gasteiger partial charge in [0.05, 0.1) is 11.1 Å². The van der Waals surface area contributed by atoms with E-state index in [1.165, 1.54) is 6.20 Å². The van der Waals surface area contributed by atoms with Crippen molar-refractivity contribution < 1.29 is 12.9 Å². The van der Waals surface area contributed by atoms with Crippen LogP contribution in [0.4, 0.5) is 0 Å². The average Bonchev–Trinajstić information content (AvgIpc) is 2.71. The lowest BCUT2D eigenvalue weighted by molar-refractivity contribution is 0.392. The van der Waals surface area contributed by atoms with Gasteiger partial charge in [-0.2, -0.15) is 0 Å². The standard InChI is InChI=1S/C10H9NO3S/c12-15(13,8-9-6-7-11-14-9)10-4-2-1-3-5-10/h1-7H,8H2. The van der Waals surface area contributed by atoms with Gasteiger partial charge >= 0.3 is 0 Å². The Kier molecular flexibility index (Phi) is 2.55. The Balaban J connectivity index is 2.29. The lowest BCUT2D eigenvalue weighted by Gasteiger charge is -2.00. The Morgan fingerprint density at radius 2 is 1.87 bits per heavy atom. The maximum Gasteiger partial charge on any atom is 0.185 e. The zero-order valence-corrected chi connectivity index (χ0v) is 8.65. The predicted octanol–water partition coefficient (Wildman–Crippen LogP) is 1.65. The molecular formula is C10H9NO3S. The van der Waals surface area contributed by atoms with Crippen LogP contribution in [0.1, 0.15) is 5.76 Å². The molecule has 0 fully saturated rings. The largest absolute Gasteiger partial charge is 0.360 e. The lowest BCUT2D eigenvalue weighted by atomic mass is 10.4. The van der Waals surface area contributed by atoms with Crippen molar-refractivity contribution in [2.24, 2.45) is 0 Å². The van der Waals surface area contributed by atoms with Gasteiger partial charge in [-0.05, 0) is 12.1 Å².